The Labute approximate surface area is 106 Å². The van der Waals surface area contributed by atoms with E-state index in [9.17, 15) is 15.2 Å². The molecule has 0 amide bonds. The summed E-state index contributed by atoms with van der Waals surface area (Å²) in [6.07, 6.45) is 0.844. The molecule has 2 heterocycles. The Hall–Kier alpha value is -1.71. The lowest BCUT2D eigenvalue weighted by molar-refractivity contribution is -0.389. The van der Waals surface area contributed by atoms with E-state index in [1.54, 1.807) is 11.6 Å². The van der Waals surface area contributed by atoms with Crippen molar-refractivity contribution in [3.05, 3.63) is 21.7 Å². The van der Waals surface area contributed by atoms with Crippen LogP contribution in [0.2, 0.25) is 0 Å². The molecule has 98 valence electrons. The van der Waals surface area contributed by atoms with Crippen molar-refractivity contribution in [3.63, 3.8) is 0 Å². The number of nitrogens with one attached hydrogen (secondary N) is 1. The summed E-state index contributed by atoms with van der Waals surface area (Å²) in [5, 5.41) is 24.9. The Bertz CT molecular complexity index is 552. The molecule has 0 bridgehead atoms. The van der Waals surface area contributed by atoms with Gasteiger partial charge in [-0.05, 0) is 4.92 Å². The number of hydrogen-bond acceptors (Lipinski definition) is 7. The van der Waals surface area contributed by atoms with Gasteiger partial charge in [-0.3, -0.25) is 0 Å². The van der Waals surface area contributed by atoms with E-state index in [0.717, 1.165) is 0 Å². The zero-order valence-corrected chi connectivity index (χ0v) is 10.4. The lowest BCUT2D eigenvalue weighted by atomic mass is 10.4. The topological polar surface area (TPSA) is 102 Å². The van der Waals surface area contributed by atoms with Gasteiger partial charge in [0.05, 0.1) is 12.7 Å². The summed E-state index contributed by atoms with van der Waals surface area (Å²) in [6.45, 7) is 0.294. The SMILES string of the molecule is COCC(O)CNc1nc2sccn2c1[N+](=O)[O-]. The van der Waals surface area contributed by atoms with Gasteiger partial charge in [-0.15, -0.1) is 0 Å². The predicted octanol–water partition coefficient (Wildman–Crippen LogP) is 0.723. The number of rotatable bonds is 6. The van der Waals surface area contributed by atoms with E-state index in [1.807, 2.05) is 0 Å². The van der Waals surface area contributed by atoms with E-state index in [-0.39, 0.29) is 24.8 Å². The van der Waals surface area contributed by atoms with Gasteiger partial charge in [-0.25, -0.2) is 0 Å². The van der Waals surface area contributed by atoms with Crippen molar-refractivity contribution in [3.8, 4) is 0 Å². The van der Waals surface area contributed by atoms with Crippen LogP contribution >= 0.6 is 11.3 Å². The number of thiazole rings is 1. The Morgan fingerprint density at radius 2 is 2.56 bits per heavy atom. The molecule has 2 rings (SSSR count). The molecule has 1 unspecified atom stereocenters. The molecule has 0 aliphatic rings. The average Bonchev–Trinajstić information content (AvgIpc) is 2.85. The Morgan fingerprint density at radius 3 is 3.22 bits per heavy atom. The van der Waals surface area contributed by atoms with E-state index < -0.39 is 11.0 Å². The van der Waals surface area contributed by atoms with E-state index in [0.29, 0.717) is 4.96 Å². The van der Waals surface area contributed by atoms with Crippen LogP contribution < -0.4 is 5.32 Å². The molecule has 2 aromatic heterocycles. The van der Waals surface area contributed by atoms with Crippen molar-refractivity contribution < 1.29 is 14.8 Å². The lowest BCUT2D eigenvalue weighted by Crippen LogP contribution is -2.24. The first-order valence-electron chi connectivity index (χ1n) is 5.14. The van der Waals surface area contributed by atoms with Crippen LogP contribution in [0.4, 0.5) is 11.6 Å². The highest BCUT2D eigenvalue weighted by molar-refractivity contribution is 7.15. The maximum absolute atomic E-state index is 11.0. The number of methoxy groups -OCH3 is 1. The van der Waals surface area contributed by atoms with Gasteiger partial charge in [0.15, 0.2) is 0 Å². The number of imidazole rings is 1. The lowest BCUT2D eigenvalue weighted by Gasteiger charge is -2.09. The maximum Gasteiger partial charge on any atom is 0.372 e. The first-order chi connectivity index (χ1) is 8.63. The predicted molar refractivity (Wildman–Crippen MR) is 66.1 cm³/mol. The molecule has 0 spiro atoms. The van der Waals surface area contributed by atoms with Crippen LogP contribution in [0, 0.1) is 10.1 Å². The van der Waals surface area contributed by atoms with Crippen LogP contribution in [0.15, 0.2) is 11.6 Å². The minimum absolute atomic E-state index is 0.129. The summed E-state index contributed by atoms with van der Waals surface area (Å²) in [5.74, 6) is 0.0258. The summed E-state index contributed by atoms with van der Waals surface area (Å²) < 4.78 is 6.16. The first-order valence-corrected chi connectivity index (χ1v) is 6.02. The second-order valence-electron chi connectivity index (χ2n) is 3.59. The van der Waals surface area contributed by atoms with Gasteiger partial charge in [-0.2, -0.15) is 9.38 Å². The highest BCUT2D eigenvalue weighted by Crippen LogP contribution is 2.27. The first kappa shape index (κ1) is 12.7. The van der Waals surface area contributed by atoms with Crippen LogP contribution in [0.1, 0.15) is 0 Å². The third kappa shape index (κ3) is 2.42. The Kier molecular flexibility index (Phi) is 3.75. The van der Waals surface area contributed by atoms with Gasteiger partial charge >= 0.3 is 5.82 Å². The van der Waals surface area contributed by atoms with E-state index in [2.05, 4.69) is 10.3 Å². The molecule has 9 heteroatoms. The fourth-order valence-corrected chi connectivity index (χ4v) is 2.24. The molecule has 2 aromatic rings. The number of hydrogen-bond donors (Lipinski definition) is 2. The number of fused-ring (bicyclic) bond motifs is 1. The van der Waals surface area contributed by atoms with Gasteiger partial charge in [-0.1, -0.05) is 11.3 Å². The van der Waals surface area contributed by atoms with Crippen LogP contribution in [-0.4, -0.2) is 45.8 Å². The van der Waals surface area contributed by atoms with E-state index >= 15 is 0 Å². The molecule has 0 aliphatic carbocycles. The number of aromatic nitrogens is 2. The fourth-order valence-electron chi connectivity index (χ4n) is 1.53. The molecule has 0 aliphatic heterocycles. The molecule has 2 N–H and O–H groups in total. The molecule has 0 radical (unpaired) electrons. The molecule has 18 heavy (non-hydrogen) atoms. The summed E-state index contributed by atoms with van der Waals surface area (Å²) >= 11 is 1.30. The summed E-state index contributed by atoms with van der Waals surface area (Å²) in [7, 11) is 1.47. The van der Waals surface area contributed by atoms with Crippen molar-refractivity contribution in [1.29, 1.82) is 0 Å². The Morgan fingerprint density at radius 1 is 1.78 bits per heavy atom. The van der Waals surface area contributed by atoms with Crippen molar-refractivity contribution in [2.24, 2.45) is 0 Å². The second-order valence-corrected chi connectivity index (χ2v) is 4.46. The number of aliphatic hydroxyl groups is 1. The van der Waals surface area contributed by atoms with Crippen LogP contribution in [0.3, 0.4) is 0 Å². The largest absolute Gasteiger partial charge is 0.389 e. The highest BCUT2D eigenvalue weighted by Gasteiger charge is 2.23. The summed E-state index contributed by atoms with van der Waals surface area (Å²) in [4.78, 5) is 15.1. The Balaban J connectivity index is 2.19. The van der Waals surface area contributed by atoms with Gasteiger partial charge in [0, 0.05) is 19.0 Å². The molecule has 1 atom stereocenters. The fraction of sp³-hybridized carbons (Fsp3) is 0.444. The van der Waals surface area contributed by atoms with Crippen LogP contribution in [-0.2, 0) is 4.74 Å². The maximum atomic E-state index is 11.0. The van der Waals surface area contributed by atoms with Crippen molar-refractivity contribution in [2.75, 3.05) is 25.6 Å². The summed E-state index contributed by atoms with van der Waals surface area (Å²) in [5.41, 5.74) is 0. The molecular formula is C9H12N4O4S. The van der Waals surface area contributed by atoms with Crippen LogP contribution in [0.5, 0.6) is 0 Å². The molecular weight excluding hydrogens is 260 g/mol. The van der Waals surface area contributed by atoms with Crippen molar-refractivity contribution >= 4 is 27.9 Å². The monoisotopic (exact) mass is 272 g/mol. The molecule has 0 saturated heterocycles. The number of ether oxygens (including phenoxy) is 1. The zero-order valence-electron chi connectivity index (χ0n) is 9.57. The second kappa shape index (κ2) is 5.29. The quantitative estimate of drug-likeness (QED) is 0.593. The average molecular weight is 272 g/mol. The normalized spacial score (nSPS) is 12.8. The minimum Gasteiger partial charge on any atom is -0.389 e. The van der Waals surface area contributed by atoms with E-state index in [4.69, 9.17) is 4.74 Å². The third-order valence-corrected chi connectivity index (χ3v) is 3.03. The number of anilines is 1. The highest BCUT2D eigenvalue weighted by atomic mass is 32.1. The molecule has 8 nitrogen and oxygen atoms in total. The molecule has 0 fully saturated rings. The molecule has 0 aromatic carbocycles. The number of nitrogens with zero attached hydrogens (tertiary/aromatic N) is 3. The molecule has 0 saturated carbocycles. The van der Waals surface area contributed by atoms with Crippen molar-refractivity contribution in [2.45, 2.75) is 6.10 Å². The summed E-state index contributed by atoms with van der Waals surface area (Å²) in [6, 6.07) is 0. The minimum atomic E-state index is -0.741. The zero-order chi connectivity index (χ0) is 13.1. The third-order valence-electron chi connectivity index (χ3n) is 2.27. The van der Waals surface area contributed by atoms with Gasteiger partial charge < -0.3 is 25.3 Å². The van der Waals surface area contributed by atoms with Crippen molar-refractivity contribution in [1.82, 2.24) is 9.38 Å². The van der Waals surface area contributed by atoms with E-state index in [1.165, 1.54) is 22.8 Å². The van der Waals surface area contributed by atoms with Gasteiger partial charge in [0.1, 0.15) is 6.20 Å². The standard InChI is InChI=1S/C9H12N4O4S/c1-17-5-6(14)4-10-7-8(13(15)16)12-2-3-18-9(12)11-7/h2-3,6,10,14H,4-5H2,1H3. The van der Waals surface area contributed by atoms with Gasteiger partial charge in [0.2, 0.25) is 5.82 Å². The number of nitro groups is 1. The smallest absolute Gasteiger partial charge is 0.372 e. The number of aliphatic hydroxyl groups excluding tert-OH is 1. The van der Waals surface area contributed by atoms with Crippen LogP contribution in [0.25, 0.3) is 4.96 Å². The van der Waals surface area contributed by atoms with Gasteiger partial charge in [0.25, 0.3) is 4.96 Å².